The standard InChI is InChI=1S/C14H26N4O2S2.HI/c1-4-12-11-18-13(21-12)7-9-17-14(15-5-2)16-8-6-10-22(3,19)20;/h11H,4-10H2,1-3H3,(H2,15,16,17);1H. The first-order valence-electron chi connectivity index (χ1n) is 7.58. The van der Waals surface area contributed by atoms with Crippen LogP contribution in [0.15, 0.2) is 11.2 Å². The molecule has 0 amide bonds. The first-order chi connectivity index (χ1) is 10.4. The average molecular weight is 474 g/mol. The lowest BCUT2D eigenvalue weighted by Crippen LogP contribution is -2.38. The summed E-state index contributed by atoms with van der Waals surface area (Å²) in [6, 6.07) is 0. The Bertz CT molecular complexity index is 573. The fourth-order valence-electron chi connectivity index (χ4n) is 1.77. The molecule has 0 aliphatic carbocycles. The number of guanidine groups is 1. The maximum absolute atomic E-state index is 11.1. The first kappa shape index (κ1) is 22.6. The highest BCUT2D eigenvalue weighted by Gasteiger charge is 2.03. The molecule has 6 nitrogen and oxygen atoms in total. The van der Waals surface area contributed by atoms with Crippen molar-refractivity contribution in [1.29, 1.82) is 0 Å². The Hall–Kier alpha value is -0.420. The highest BCUT2D eigenvalue weighted by molar-refractivity contribution is 14.0. The van der Waals surface area contributed by atoms with Crippen LogP contribution in [0.2, 0.25) is 0 Å². The summed E-state index contributed by atoms with van der Waals surface area (Å²) in [6.07, 6.45) is 5.61. The number of nitrogens with one attached hydrogen (secondary N) is 2. The maximum atomic E-state index is 11.1. The van der Waals surface area contributed by atoms with E-state index in [1.807, 2.05) is 13.1 Å². The normalized spacial score (nSPS) is 11.9. The molecule has 0 saturated carbocycles. The van der Waals surface area contributed by atoms with Crippen LogP contribution in [0, 0.1) is 0 Å². The van der Waals surface area contributed by atoms with Crippen molar-refractivity contribution in [1.82, 2.24) is 15.6 Å². The van der Waals surface area contributed by atoms with E-state index >= 15 is 0 Å². The van der Waals surface area contributed by atoms with Crippen LogP contribution in [0.1, 0.15) is 30.2 Å². The van der Waals surface area contributed by atoms with Gasteiger partial charge in [-0.2, -0.15) is 0 Å². The molecular weight excluding hydrogens is 447 g/mol. The number of aliphatic imine (C=N–C) groups is 1. The number of rotatable bonds is 9. The molecule has 0 radical (unpaired) electrons. The Balaban J connectivity index is 0.00000484. The third-order valence-electron chi connectivity index (χ3n) is 2.87. The van der Waals surface area contributed by atoms with Gasteiger partial charge in [-0.05, 0) is 19.8 Å². The van der Waals surface area contributed by atoms with Gasteiger partial charge in [-0.3, -0.25) is 4.99 Å². The number of aromatic nitrogens is 1. The first-order valence-corrected chi connectivity index (χ1v) is 10.5. The summed E-state index contributed by atoms with van der Waals surface area (Å²) in [7, 11) is -2.90. The number of thiazole rings is 1. The topological polar surface area (TPSA) is 83.5 Å². The lowest BCUT2D eigenvalue weighted by atomic mass is 10.4. The fourth-order valence-corrected chi connectivity index (χ4v) is 3.29. The van der Waals surface area contributed by atoms with E-state index < -0.39 is 9.84 Å². The van der Waals surface area contributed by atoms with E-state index in [4.69, 9.17) is 0 Å². The molecule has 0 saturated heterocycles. The minimum atomic E-state index is -2.90. The van der Waals surface area contributed by atoms with Gasteiger partial charge in [0.2, 0.25) is 0 Å². The van der Waals surface area contributed by atoms with Gasteiger partial charge in [0, 0.05) is 43.4 Å². The molecule has 0 fully saturated rings. The summed E-state index contributed by atoms with van der Waals surface area (Å²) in [4.78, 5) is 10.1. The van der Waals surface area contributed by atoms with Gasteiger partial charge in [-0.1, -0.05) is 6.92 Å². The van der Waals surface area contributed by atoms with Crippen molar-refractivity contribution in [3.63, 3.8) is 0 Å². The van der Waals surface area contributed by atoms with Gasteiger partial charge >= 0.3 is 0 Å². The van der Waals surface area contributed by atoms with Crippen molar-refractivity contribution in [2.45, 2.75) is 33.1 Å². The largest absolute Gasteiger partial charge is 0.357 e. The van der Waals surface area contributed by atoms with Crippen molar-refractivity contribution in [3.8, 4) is 0 Å². The minimum Gasteiger partial charge on any atom is -0.357 e. The molecule has 0 spiro atoms. The Morgan fingerprint density at radius 3 is 2.65 bits per heavy atom. The van der Waals surface area contributed by atoms with Crippen LogP contribution in [0.25, 0.3) is 0 Å². The van der Waals surface area contributed by atoms with Crippen LogP contribution >= 0.6 is 35.3 Å². The van der Waals surface area contributed by atoms with Gasteiger partial charge in [-0.15, -0.1) is 35.3 Å². The summed E-state index contributed by atoms with van der Waals surface area (Å²) in [5.74, 6) is 0.901. The predicted molar refractivity (Wildman–Crippen MR) is 109 cm³/mol. The molecule has 1 rings (SSSR count). The molecule has 0 aromatic carbocycles. The number of hydrogen-bond acceptors (Lipinski definition) is 5. The second kappa shape index (κ2) is 12.0. The molecule has 9 heteroatoms. The summed E-state index contributed by atoms with van der Waals surface area (Å²) in [6.45, 7) is 6.16. The lowest BCUT2D eigenvalue weighted by molar-refractivity contribution is 0.599. The van der Waals surface area contributed by atoms with E-state index in [0.717, 1.165) is 36.9 Å². The highest BCUT2D eigenvalue weighted by atomic mass is 127. The SMILES string of the molecule is CCNC(=NCCCS(C)(=O)=O)NCCc1ncc(CC)s1.I. The molecule has 0 unspecified atom stereocenters. The van der Waals surface area contributed by atoms with Crippen LogP contribution in [-0.2, 0) is 22.7 Å². The van der Waals surface area contributed by atoms with Crippen LogP contribution in [0.4, 0.5) is 0 Å². The fraction of sp³-hybridized carbons (Fsp3) is 0.714. The molecule has 0 bridgehead atoms. The molecule has 2 N–H and O–H groups in total. The molecule has 0 aliphatic rings. The quantitative estimate of drug-likeness (QED) is 0.247. The lowest BCUT2D eigenvalue weighted by Gasteiger charge is -2.10. The van der Waals surface area contributed by atoms with E-state index in [9.17, 15) is 8.42 Å². The molecule has 23 heavy (non-hydrogen) atoms. The average Bonchev–Trinajstić information content (AvgIpc) is 2.90. The zero-order chi connectivity index (χ0) is 16.4. The van der Waals surface area contributed by atoms with Gasteiger partial charge < -0.3 is 10.6 Å². The molecule has 1 aromatic heterocycles. The zero-order valence-corrected chi connectivity index (χ0v) is 17.9. The number of aryl methyl sites for hydroxylation is 1. The highest BCUT2D eigenvalue weighted by Crippen LogP contribution is 2.13. The second-order valence-corrected chi connectivity index (χ2v) is 8.45. The molecular formula is C14H27IN4O2S2. The summed E-state index contributed by atoms with van der Waals surface area (Å²) in [5, 5.41) is 7.53. The summed E-state index contributed by atoms with van der Waals surface area (Å²) >= 11 is 1.74. The Morgan fingerprint density at radius 2 is 2.09 bits per heavy atom. The molecule has 1 aromatic rings. The Labute approximate surface area is 160 Å². The molecule has 134 valence electrons. The number of sulfone groups is 1. The van der Waals surface area contributed by atoms with Crippen LogP contribution < -0.4 is 10.6 Å². The predicted octanol–water partition coefficient (Wildman–Crippen LogP) is 1.86. The Morgan fingerprint density at radius 1 is 1.35 bits per heavy atom. The smallest absolute Gasteiger partial charge is 0.191 e. The van der Waals surface area contributed by atoms with E-state index in [-0.39, 0.29) is 29.7 Å². The second-order valence-electron chi connectivity index (χ2n) is 4.99. The third kappa shape index (κ3) is 10.9. The third-order valence-corrected chi connectivity index (χ3v) is 5.10. The summed E-state index contributed by atoms with van der Waals surface area (Å²) < 4.78 is 22.1. The van der Waals surface area contributed by atoms with Crippen LogP contribution in [0.3, 0.4) is 0 Å². The van der Waals surface area contributed by atoms with Crippen LogP contribution in [0.5, 0.6) is 0 Å². The van der Waals surface area contributed by atoms with Crippen molar-refractivity contribution in [2.75, 3.05) is 31.6 Å². The number of halogens is 1. The van der Waals surface area contributed by atoms with Gasteiger partial charge in [0.15, 0.2) is 5.96 Å². The molecule has 0 aliphatic heterocycles. The maximum Gasteiger partial charge on any atom is 0.191 e. The van der Waals surface area contributed by atoms with E-state index in [0.29, 0.717) is 13.0 Å². The van der Waals surface area contributed by atoms with Crippen LogP contribution in [-0.4, -0.2) is 51.0 Å². The monoisotopic (exact) mass is 474 g/mol. The number of hydrogen-bond donors (Lipinski definition) is 2. The van der Waals surface area contributed by atoms with Crippen molar-refractivity contribution >= 4 is 51.1 Å². The zero-order valence-electron chi connectivity index (χ0n) is 14.0. The van der Waals surface area contributed by atoms with E-state index in [2.05, 4.69) is 27.5 Å². The summed E-state index contributed by atoms with van der Waals surface area (Å²) in [5.41, 5.74) is 0. The minimum absolute atomic E-state index is 0. The van der Waals surface area contributed by atoms with E-state index in [1.54, 1.807) is 11.3 Å². The molecule has 0 atom stereocenters. The van der Waals surface area contributed by atoms with Crippen molar-refractivity contribution < 1.29 is 8.42 Å². The number of nitrogens with zero attached hydrogens (tertiary/aromatic N) is 2. The molecule has 1 heterocycles. The van der Waals surface area contributed by atoms with Gasteiger partial charge in [0.1, 0.15) is 9.84 Å². The Kier molecular flexibility index (Phi) is 11.8. The van der Waals surface area contributed by atoms with Crippen molar-refractivity contribution in [2.24, 2.45) is 4.99 Å². The van der Waals surface area contributed by atoms with E-state index in [1.165, 1.54) is 11.1 Å². The van der Waals surface area contributed by atoms with Crippen molar-refractivity contribution in [3.05, 3.63) is 16.1 Å². The van der Waals surface area contributed by atoms with Gasteiger partial charge in [0.25, 0.3) is 0 Å². The van der Waals surface area contributed by atoms with Gasteiger partial charge in [-0.25, -0.2) is 13.4 Å². The van der Waals surface area contributed by atoms with Gasteiger partial charge in [0.05, 0.1) is 10.8 Å².